The van der Waals surface area contributed by atoms with Crippen molar-refractivity contribution in [2.75, 3.05) is 6.35 Å². The number of rotatable bonds is 11. The second-order valence-electron chi connectivity index (χ2n) is 10.3. The highest BCUT2D eigenvalue weighted by atomic mass is 31.2. The van der Waals surface area contributed by atoms with Crippen LogP contribution in [0.3, 0.4) is 0 Å². The average molecular weight is 455 g/mol. The molecule has 2 atom stereocenters. The number of ether oxygens (including phenoxy) is 2. The molecule has 1 aliphatic heterocycles. The van der Waals surface area contributed by atoms with Gasteiger partial charge in [0, 0.05) is 5.56 Å². The first-order valence-electron chi connectivity index (χ1n) is 11.8. The van der Waals surface area contributed by atoms with Crippen molar-refractivity contribution < 1.29 is 23.8 Å². The van der Waals surface area contributed by atoms with E-state index in [-0.39, 0.29) is 5.60 Å². The highest BCUT2D eigenvalue weighted by Gasteiger charge is 2.34. The van der Waals surface area contributed by atoms with E-state index in [2.05, 4.69) is 27.7 Å². The number of fused-ring (bicyclic) bond motifs is 1. The number of hydrogen-bond acceptors (Lipinski definition) is 3. The molecule has 6 heteroatoms. The van der Waals surface area contributed by atoms with Gasteiger partial charge in [-0.3, -0.25) is 4.57 Å². The Balaban J connectivity index is 2.03. The third-order valence-corrected chi connectivity index (χ3v) is 7.29. The lowest BCUT2D eigenvalue weighted by Gasteiger charge is -2.38. The molecule has 2 N–H and O–H groups in total. The molecule has 1 heterocycles. The molecule has 0 amide bonds. The fraction of sp³-hybridized carbons (Fsp3) is 0.760. The molecule has 0 bridgehead atoms. The summed E-state index contributed by atoms with van der Waals surface area (Å²) in [6.45, 7) is 15.1. The molecule has 0 aliphatic carbocycles. The molecular formula is C25H43O5P. The molecule has 1 aliphatic rings. The van der Waals surface area contributed by atoms with E-state index in [1.165, 1.54) is 32.1 Å². The molecular weight excluding hydrogens is 411 g/mol. The van der Waals surface area contributed by atoms with Gasteiger partial charge >= 0.3 is 7.60 Å². The van der Waals surface area contributed by atoms with Gasteiger partial charge in [0.05, 0.1) is 0 Å². The van der Waals surface area contributed by atoms with E-state index >= 15 is 0 Å². The van der Waals surface area contributed by atoms with Crippen molar-refractivity contribution >= 4 is 7.60 Å². The summed E-state index contributed by atoms with van der Waals surface area (Å²) < 4.78 is 23.4. The molecule has 1 aromatic carbocycles. The molecule has 0 saturated carbocycles. The first-order chi connectivity index (χ1) is 14.3. The van der Waals surface area contributed by atoms with Crippen LogP contribution in [-0.2, 0) is 11.0 Å². The van der Waals surface area contributed by atoms with Crippen LogP contribution in [0.25, 0.3) is 0 Å². The molecule has 0 spiro atoms. The Morgan fingerprint density at radius 2 is 1.68 bits per heavy atom. The highest BCUT2D eigenvalue weighted by molar-refractivity contribution is 7.51. The summed E-state index contributed by atoms with van der Waals surface area (Å²) in [6.07, 6.45) is 8.68. The second-order valence-corrected chi connectivity index (χ2v) is 11.9. The minimum atomic E-state index is -4.22. The van der Waals surface area contributed by atoms with Crippen molar-refractivity contribution in [1.29, 1.82) is 0 Å². The normalized spacial score (nSPS) is 19.8. The predicted octanol–water partition coefficient (Wildman–Crippen LogP) is 6.84. The van der Waals surface area contributed by atoms with E-state index in [0.717, 1.165) is 59.1 Å². The fourth-order valence-electron chi connectivity index (χ4n) is 4.67. The monoisotopic (exact) mass is 454 g/mol. The van der Waals surface area contributed by atoms with Gasteiger partial charge in [-0.25, -0.2) is 0 Å². The molecule has 1 aromatic rings. The van der Waals surface area contributed by atoms with E-state index in [0.29, 0.717) is 5.75 Å². The summed E-state index contributed by atoms with van der Waals surface area (Å²) in [7, 11) is -4.22. The molecule has 0 fully saturated rings. The zero-order valence-electron chi connectivity index (χ0n) is 20.6. The third kappa shape index (κ3) is 7.51. The predicted molar refractivity (Wildman–Crippen MR) is 127 cm³/mol. The molecule has 2 rings (SSSR count). The average Bonchev–Trinajstić information content (AvgIpc) is 2.65. The quantitative estimate of drug-likeness (QED) is 0.358. The molecule has 0 radical (unpaired) electrons. The highest BCUT2D eigenvalue weighted by Crippen LogP contribution is 2.46. The van der Waals surface area contributed by atoms with E-state index in [1.54, 1.807) is 0 Å². The first kappa shape index (κ1) is 26.2. The van der Waals surface area contributed by atoms with E-state index in [9.17, 15) is 14.4 Å². The minimum Gasteiger partial charge on any atom is -0.487 e. The van der Waals surface area contributed by atoms with Crippen molar-refractivity contribution in [2.45, 2.75) is 105 Å². The van der Waals surface area contributed by atoms with Gasteiger partial charge in [-0.05, 0) is 81.9 Å². The van der Waals surface area contributed by atoms with Crippen LogP contribution >= 0.6 is 7.60 Å². The van der Waals surface area contributed by atoms with Gasteiger partial charge in [-0.2, -0.15) is 0 Å². The lowest BCUT2D eigenvalue weighted by molar-refractivity contribution is 0.0511. The SMILES string of the molecule is Cc1c(C)c2c(c(C)c1OCP(=O)(O)O)CCC(C)(CCCC(C)CCCC(C)C)O2. The van der Waals surface area contributed by atoms with E-state index in [1.807, 2.05) is 20.8 Å². The maximum absolute atomic E-state index is 11.3. The Hall–Kier alpha value is -1.03. The summed E-state index contributed by atoms with van der Waals surface area (Å²) in [5, 5.41) is 0. The second kappa shape index (κ2) is 10.7. The van der Waals surface area contributed by atoms with Crippen LogP contribution < -0.4 is 9.47 Å². The van der Waals surface area contributed by atoms with Crippen LogP contribution in [0.2, 0.25) is 0 Å². The summed E-state index contributed by atoms with van der Waals surface area (Å²) in [6, 6.07) is 0. The van der Waals surface area contributed by atoms with Gasteiger partial charge in [0.2, 0.25) is 0 Å². The Morgan fingerprint density at radius 3 is 2.29 bits per heavy atom. The van der Waals surface area contributed by atoms with Crippen LogP contribution in [0.4, 0.5) is 0 Å². The maximum Gasteiger partial charge on any atom is 0.362 e. The van der Waals surface area contributed by atoms with Crippen LogP contribution in [0.15, 0.2) is 0 Å². The molecule has 178 valence electrons. The summed E-state index contributed by atoms with van der Waals surface area (Å²) >= 11 is 0. The van der Waals surface area contributed by atoms with Gasteiger partial charge in [-0.1, -0.05) is 46.5 Å². The van der Waals surface area contributed by atoms with Crippen molar-refractivity contribution in [3.63, 3.8) is 0 Å². The topological polar surface area (TPSA) is 76.0 Å². The van der Waals surface area contributed by atoms with Gasteiger partial charge < -0.3 is 19.3 Å². The lowest BCUT2D eigenvalue weighted by atomic mass is 9.84. The molecule has 2 unspecified atom stereocenters. The zero-order chi connectivity index (χ0) is 23.4. The van der Waals surface area contributed by atoms with Gasteiger partial charge in [0.25, 0.3) is 0 Å². The number of benzene rings is 1. The molecule has 0 saturated heterocycles. The van der Waals surface area contributed by atoms with Gasteiger partial charge in [-0.15, -0.1) is 0 Å². The van der Waals surface area contributed by atoms with Crippen LogP contribution in [0.5, 0.6) is 11.5 Å². The molecule has 5 nitrogen and oxygen atoms in total. The summed E-state index contributed by atoms with van der Waals surface area (Å²) in [4.78, 5) is 18.4. The van der Waals surface area contributed by atoms with Crippen molar-refractivity contribution in [3.8, 4) is 11.5 Å². The molecule has 0 aromatic heterocycles. The fourth-order valence-corrected chi connectivity index (χ4v) is 4.96. The smallest absolute Gasteiger partial charge is 0.362 e. The summed E-state index contributed by atoms with van der Waals surface area (Å²) in [5.74, 6) is 3.08. The Labute approximate surface area is 189 Å². The first-order valence-corrected chi connectivity index (χ1v) is 13.6. The van der Waals surface area contributed by atoms with Crippen LogP contribution in [-0.4, -0.2) is 21.7 Å². The lowest BCUT2D eigenvalue weighted by Crippen LogP contribution is -2.37. The van der Waals surface area contributed by atoms with Crippen molar-refractivity contribution in [3.05, 3.63) is 22.3 Å². The Bertz CT molecular complexity index is 798. The molecule has 31 heavy (non-hydrogen) atoms. The third-order valence-electron chi connectivity index (χ3n) is 6.82. The Morgan fingerprint density at radius 1 is 1.03 bits per heavy atom. The zero-order valence-corrected chi connectivity index (χ0v) is 21.5. The number of hydrogen-bond donors (Lipinski definition) is 2. The van der Waals surface area contributed by atoms with Gasteiger partial charge in [0.15, 0.2) is 6.35 Å². The van der Waals surface area contributed by atoms with E-state index < -0.39 is 13.9 Å². The van der Waals surface area contributed by atoms with Crippen molar-refractivity contribution in [1.82, 2.24) is 0 Å². The van der Waals surface area contributed by atoms with Crippen LogP contribution in [0.1, 0.15) is 94.9 Å². The Kier molecular flexibility index (Phi) is 9.07. The van der Waals surface area contributed by atoms with Gasteiger partial charge in [0.1, 0.15) is 17.1 Å². The largest absolute Gasteiger partial charge is 0.487 e. The minimum absolute atomic E-state index is 0.164. The maximum atomic E-state index is 11.3. The van der Waals surface area contributed by atoms with E-state index in [4.69, 9.17) is 9.47 Å². The van der Waals surface area contributed by atoms with Crippen LogP contribution in [0, 0.1) is 32.6 Å². The van der Waals surface area contributed by atoms with Crippen molar-refractivity contribution in [2.24, 2.45) is 11.8 Å². The summed E-state index contributed by atoms with van der Waals surface area (Å²) in [5.41, 5.74) is 3.79. The standard InChI is InChI=1S/C25H43O5P/c1-17(2)10-8-11-18(3)12-9-14-25(7)15-13-22-21(6)23(29-16-31(26,27)28)19(4)20(5)24(22)30-25/h17-18H,8-16H2,1-7H3,(H2,26,27,28).